The molecule has 6 nitrogen and oxygen atoms in total. The van der Waals surface area contributed by atoms with E-state index < -0.39 is 5.63 Å². The van der Waals surface area contributed by atoms with E-state index in [0.717, 1.165) is 30.2 Å². The minimum absolute atomic E-state index is 0.163. The van der Waals surface area contributed by atoms with Crippen LogP contribution < -0.4 is 15.8 Å². The van der Waals surface area contributed by atoms with Crippen LogP contribution in [0, 0.1) is 12.8 Å². The molecule has 1 amide bonds. The molecule has 2 aromatic rings. The van der Waals surface area contributed by atoms with Crippen LogP contribution >= 0.6 is 0 Å². The molecule has 1 aliphatic carbocycles. The summed E-state index contributed by atoms with van der Waals surface area (Å²) >= 11 is 0. The number of nitrogens with zero attached hydrogens (tertiary/aromatic N) is 1. The lowest BCUT2D eigenvalue weighted by molar-refractivity contribution is -0.123. The van der Waals surface area contributed by atoms with E-state index in [4.69, 9.17) is 9.15 Å². The zero-order valence-corrected chi connectivity index (χ0v) is 14.0. The molecule has 3 rings (SSSR count). The molecule has 0 spiro atoms. The first-order valence-corrected chi connectivity index (χ1v) is 8.26. The molecule has 0 radical (unpaired) electrons. The highest BCUT2D eigenvalue weighted by Gasteiger charge is 2.08. The highest BCUT2D eigenvalue weighted by molar-refractivity contribution is 5.82. The van der Waals surface area contributed by atoms with Gasteiger partial charge in [-0.1, -0.05) is 12.2 Å². The van der Waals surface area contributed by atoms with Crippen LogP contribution in [0.4, 0.5) is 0 Å². The Hall–Kier alpha value is -2.89. The average Bonchev–Trinajstić information content (AvgIpc) is 2.60. The van der Waals surface area contributed by atoms with Gasteiger partial charge in [-0.3, -0.25) is 4.79 Å². The standard InChI is InChI=1S/C19H20N2O4/c1-13-9-19(23)25-17-10-15(7-8-16(13)17)24-12-18(22)21-20-11-14-5-3-2-4-6-14/h2-3,7-11,14H,4-6,12H2,1H3,(H,21,22)/b20-11-/t14-/m1/s1. The van der Waals surface area contributed by atoms with Gasteiger partial charge < -0.3 is 9.15 Å². The molecule has 6 heteroatoms. The summed E-state index contributed by atoms with van der Waals surface area (Å²) in [5.41, 5.74) is 3.33. The highest BCUT2D eigenvalue weighted by Crippen LogP contribution is 2.22. The quantitative estimate of drug-likeness (QED) is 0.393. The predicted octanol–water partition coefficient (Wildman–Crippen LogP) is 2.94. The van der Waals surface area contributed by atoms with Gasteiger partial charge in [-0.25, -0.2) is 10.2 Å². The van der Waals surface area contributed by atoms with E-state index in [1.54, 1.807) is 24.4 Å². The Bertz CT molecular complexity index is 883. The maximum Gasteiger partial charge on any atom is 0.336 e. The Balaban J connectivity index is 1.55. The number of hydrazone groups is 1. The minimum Gasteiger partial charge on any atom is -0.484 e. The number of carbonyl (C=O) groups excluding carboxylic acids is 1. The van der Waals surface area contributed by atoms with Gasteiger partial charge in [0.1, 0.15) is 11.3 Å². The van der Waals surface area contributed by atoms with Gasteiger partial charge in [0.15, 0.2) is 6.61 Å². The number of hydrogen-bond acceptors (Lipinski definition) is 5. The molecule has 0 aliphatic heterocycles. The molecule has 1 aromatic carbocycles. The Morgan fingerprint density at radius 2 is 2.28 bits per heavy atom. The van der Waals surface area contributed by atoms with Gasteiger partial charge >= 0.3 is 5.63 Å². The van der Waals surface area contributed by atoms with E-state index in [1.807, 2.05) is 6.92 Å². The third-order valence-corrected chi connectivity index (χ3v) is 4.08. The molecule has 0 unspecified atom stereocenters. The van der Waals surface area contributed by atoms with Crippen LogP contribution in [0.2, 0.25) is 0 Å². The summed E-state index contributed by atoms with van der Waals surface area (Å²) in [5, 5.41) is 4.82. The van der Waals surface area contributed by atoms with Crippen LogP contribution in [0.5, 0.6) is 5.75 Å². The summed E-state index contributed by atoms with van der Waals surface area (Å²) in [4.78, 5) is 23.2. The van der Waals surface area contributed by atoms with Crippen LogP contribution in [0.15, 0.2) is 50.7 Å². The van der Waals surface area contributed by atoms with Gasteiger partial charge in [0, 0.05) is 23.7 Å². The molecule has 130 valence electrons. The second kappa shape index (κ2) is 7.79. The Kier molecular flexibility index (Phi) is 5.28. The predicted molar refractivity (Wildman–Crippen MR) is 95.8 cm³/mol. The van der Waals surface area contributed by atoms with E-state index in [0.29, 0.717) is 17.3 Å². The second-order valence-corrected chi connectivity index (χ2v) is 6.05. The molecule has 1 heterocycles. The lowest BCUT2D eigenvalue weighted by Crippen LogP contribution is -2.25. The number of amides is 1. The summed E-state index contributed by atoms with van der Waals surface area (Å²) in [6, 6.07) is 6.58. The maximum atomic E-state index is 11.8. The molecule has 0 fully saturated rings. The number of aryl methyl sites for hydroxylation is 1. The largest absolute Gasteiger partial charge is 0.484 e. The van der Waals surface area contributed by atoms with E-state index in [1.165, 1.54) is 6.07 Å². The number of hydrogen-bond donors (Lipinski definition) is 1. The van der Waals surface area contributed by atoms with Crippen LogP contribution in [0.1, 0.15) is 24.8 Å². The first-order valence-electron chi connectivity index (χ1n) is 8.26. The van der Waals surface area contributed by atoms with Crippen LogP contribution in [0.3, 0.4) is 0 Å². The fourth-order valence-corrected chi connectivity index (χ4v) is 2.74. The first-order chi connectivity index (χ1) is 12.1. The van der Waals surface area contributed by atoms with Gasteiger partial charge in [-0.15, -0.1) is 0 Å². The molecule has 0 bridgehead atoms. The SMILES string of the molecule is Cc1cc(=O)oc2cc(OCC(=O)N/N=C\[C@@H]3CC=CCC3)ccc12. The van der Waals surface area contributed by atoms with Crippen molar-refractivity contribution < 1.29 is 13.9 Å². The highest BCUT2D eigenvalue weighted by atomic mass is 16.5. The zero-order valence-electron chi connectivity index (χ0n) is 14.0. The molecule has 25 heavy (non-hydrogen) atoms. The topological polar surface area (TPSA) is 80.9 Å². The summed E-state index contributed by atoms with van der Waals surface area (Å²) in [7, 11) is 0. The van der Waals surface area contributed by atoms with Crippen molar-refractivity contribution in [1.82, 2.24) is 5.43 Å². The van der Waals surface area contributed by atoms with Gasteiger partial charge in [0.2, 0.25) is 0 Å². The summed E-state index contributed by atoms with van der Waals surface area (Å²) < 4.78 is 10.6. The van der Waals surface area contributed by atoms with Gasteiger partial charge in [-0.05, 0) is 49.8 Å². The fourth-order valence-electron chi connectivity index (χ4n) is 2.74. The minimum atomic E-state index is -0.410. The molecule has 1 aromatic heterocycles. The van der Waals surface area contributed by atoms with Gasteiger partial charge in [0.25, 0.3) is 5.91 Å². The summed E-state index contributed by atoms with van der Waals surface area (Å²) in [6.07, 6.45) is 9.11. The maximum absolute atomic E-state index is 11.8. The van der Waals surface area contributed by atoms with Crippen molar-refractivity contribution in [2.24, 2.45) is 11.0 Å². The Morgan fingerprint density at radius 3 is 3.08 bits per heavy atom. The number of nitrogens with one attached hydrogen (secondary N) is 1. The number of carbonyl (C=O) groups is 1. The smallest absolute Gasteiger partial charge is 0.336 e. The van der Waals surface area contributed by atoms with Crippen molar-refractivity contribution in [2.75, 3.05) is 6.61 Å². The van der Waals surface area contributed by atoms with E-state index >= 15 is 0 Å². The molecule has 1 atom stereocenters. The van der Waals surface area contributed by atoms with Crippen molar-refractivity contribution in [1.29, 1.82) is 0 Å². The van der Waals surface area contributed by atoms with Gasteiger partial charge in [-0.2, -0.15) is 5.10 Å². The van der Waals surface area contributed by atoms with Crippen molar-refractivity contribution in [3.63, 3.8) is 0 Å². The first kappa shape index (κ1) is 17.0. The normalized spacial score (nSPS) is 17.1. The lowest BCUT2D eigenvalue weighted by Gasteiger charge is -2.11. The van der Waals surface area contributed by atoms with Crippen molar-refractivity contribution >= 4 is 23.1 Å². The van der Waals surface area contributed by atoms with Crippen LogP contribution in [-0.4, -0.2) is 18.7 Å². The van der Waals surface area contributed by atoms with E-state index in [-0.39, 0.29) is 12.5 Å². The van der Waals surface area contributed by atoms with Crippen molar-refractivity contribution in [3.8, 4) is 5.75 Å². The van der Waals surface area contributed by atoms with Gasteiger partial charge in [0.05, 0.1) is 0 Å². The molecule has 0 saturated heterocycles. The molecular weight excluding hydrogens is 320 g/mol. The number of benzene rings is 1. The van der Waals surface area contributed by atoms with Crippen molar-refractivity contribution in [3.05, 3.63) is 52.4 Å². The monoisotopic (exact) mass is 340 g/mol. The number of fused-ring (bicyclic) bond motifs is 1. The zero-order chi connectivity index (χ0) is 17.6. The molecular formula is C19H20N2O4. The molecule has 1 aliphatic rings. The third kappa shape index (κ3) is 4.56. The van der Waals surface area contributed by atoms with E-state index in [9.17, 15) is 9.59 Å². The molecule has 1 N–H and O–H groups in total. The molecule has 0 saturated carbocycles. The third-order valence-electron chi connectivity index (χ3n) is 4.08. The Morgan fingerprint density at radius 1 is 1.40 bits per heavy atom. The van der Waals surface area contributed by atoms with E-state index in [2.05, 4.69) is 22.7 Å². The average molecular weight is 340 g/mol. The lowest BCUT2D eigenvalue weighted by atomic mass is 9.96. The van der Waals surface area contributed by atoms with Crippen molar-refractivity contribution in [2.45, 2.75) is 26.2 Å². The van der Waals surface area contributed by atoms with Crippen LogP contribution in [-0.2, 0) is 4.79 Å². The number of ether oxygens (including phenoxy) is 1. The fraction of sp³-hybridized carbons (Fsp3) is 0.316. The second-order valence-electron chi connectivity index (χ2n) is 6.05. The number of allylic oxidation sites excluding steroid dienone is 2. The summed E-state index contributed by atoms with van der Waals surface area (Å²) in [6.45, 7) is 1.68. The van der Waals surface area contributed by atoms with Crippen LogP contribution in [0.25, 0.3) is 11.0 Å². The Labute approximate surface area is 145 Å². The number of rotatable bonds is 5. The summed E-state index contributed by atoms with van der Waals surface area (Å²) in [5.74, 6) is 0.490.